The lowest BCUT2D eigenvalue weighted by Gasteiger charge is -2.33. The molecule has 0 amide bonds. The van der Waals surface area contributed by atoms with Gasteiger partial charge in [-0.05, 0) is 127 Å². The third-order valence-corrected chi connectivity index (χ3v) is 12.8. The van der Waals surface area contributed by atoms with Gasteiger partial charge in [0.05, 0.1) is 19.5 Å². The molecule has 0 saturated carbocycles. The molecule has 0 aliphatic heterocycles. The van der Waals surface area contributed by atoms with E-state index in [-0.39, 0.29) is 5.41 Å². The Morgan fingerprint density at radius 1 is 0.508 bits per heavy atom. The SMILES string of the molecule is CCCCCCCCC1(CCCCCCCC)c2cc(C)ccc2-c2ccc(-c3ccc(N(c4ccc(C)cc4)c4ccc(OCCCOCc5ccco5)cc4)cc3)cc21. The molecule has 0 radical (unpaired) electrons. The molecule has 4 heteroatoms. The minimum absolute atomic E-state index is 0.0639. The Balaban J connectivity index is 1.12. The average Bonchev–Trinajstić information content (AvgIpc) is 3.90. The predicted octanol–water partition coefficient (Wildman–Crippen LogP) is 16.8. The summed E-state index contributed by atoms with van der Waals surface area (Å²) in [4.78, 5) is 2.34. The van der Waals surface area contributed by atoms with Crippen molar-refractivity contribution in [2.24, 2.45) is 0 Å². The first-order valence-corrected chi connectivity index (χ1v) is 23.6. The molecule has 1 aliphatic rings. The highest BCUT2D eigenvalue weighted by Crippen LogP contribution is 2.55. The molecule has 0 saturated heterocycles. The van der Waals surface area contributed by atoms with Crippen LogP contribution in [0.3, 0.4) is 0 Å². The van der Waals surface area contributed by atoms with E-state index in [0.717, 1.165) is 35.0 Å². The number of ether oxygens (including phenoxy) is 2. The number of rotatable bonds is 25. The highest BCUT2D eigenvalue weighted by Gasteiger charge is 2.42. The summed E-state index contributed by atoms with van der Waals surface area (Å²) in [5.41, 5.74) is 14.6. The lowest BCUT2D eigenvalue weighted by atomic mass is 9.70. The lowest BCUT2D eigenvalue weighted by molar-refractivity contribution is 0.0944. The zero-order chi connectivity index (χ0) is 42.3. The van der Waals surface area contributed by atoms with Gasteiger partial charge >= 0.3 is 0 Å². The first-order valence-electron chi connectivity index (χ1n) is 23.6. The van der Waals surface area contributed by atoms with Gasteiger partial charge in [0.1, 0.15) is 18.1 Å². The third-order valence-electron chi connectivity index (χ3n) is 12.8. The highest BCUT2D eigenvalue weighted by atomic mass is 16.5. The zero-order valence-electron chi connectivity index (χ0n) is 37.5. The van der Waals surface area contributed by atoms with Gasteiger partial charge < -0.3 is 18.8 Å². The van der Waals surface area contributed by atoms with Crippen molar-refractivity contribution < 1.29 is 13.9 Å². The molecule has 0 bridgehead atoms. The van der Waals surface area contributed by atoms with Crippen LogP contribution in [-0.4, -0.2) is 13.2 Å². The van der Waals surface area contributed by atoms with Crippen molar-refractivity contribution in [1.29, 1.82) is 0 Å². The molecular weight excluding hydrogens is 747 g/mol. The first kappa shape index (κ1) is 44.0. The fraction of sp³-hybridized carbons (Fsp3) is 0.404. The van der Waals surface area contributed by atoms with E-state index in [0.29, 0.717) is 19.8 Å². The number of hydrogen-bond donors (Lipinski definition) is 0. The standard InChI is InChI=1S/C57H69NO3/c1-5-7-9-11-13-15-36-57(37-16-14-12-10-8-6-2)55-41-45(4)22-34-53(55)54-35-25-47(42-56(54)57)46-23-28-49(29-24-46)58(48-26-20-44(3)21-27-48)50-30-32-51(33-31-50)60-40-18-38-59-43-52-19-17-39-61-52/h17,19-35,39,41-42H,5-16,18,36-38,40,43H2,1-4H3. The van der Waals surface area contributed by atoms with Crippen LogP contribution in [-0.2, 0) is 16.8 Å². The predicted molar refractivity (Wildman–Crippen MR) is 257 cm³/mol. The van der Waals surface area contributed by atoms with Crippen LogP contribution in [0.25, 0.3) is 22.3 Å². The Hall–Kier alpha value is -5.06. The Labute approximate surface area is 367 Å². The fourth-order valence-corrected chi connectivity index (χ4v) is 9.42. The summed E-state index contributed by atoms with van der Waals surface area (Å²) in [7, 11) is 0. The van der Waals surface area contributed by atoms with Crippen LogP contribution in [0.2, 0.25) is 0 Å². The van der Waals surface area contributed by atoms with Gasteiger partial charge in [-0.2, -0.15) is 0 Å². The van der Waals surface area contributed by atoms with Crippen LogP contribution in [0.15, 0.2) is 132 Å². The second kappa shape index (κ2) is 22.2. The normalized spacial score (nSPS) is 12.7. The summed E-state index contributed by atoms with van der Waals surface area (Å²) in [6.45, 7) is 10.7. The van der Waals surface area contributed by atoms with E-state index in [4.69, 9.17) is 13.9 Å². The molecule has 1 aliphatic carbocycles. The summed E-state index contributed by atoms with van der Waals surface area (Å²) in [5, 5.41) is 0. The van der Waals surface area contributed by atoms with Crippen LogP contribution in [0.1, 0.15) is 138 Å². The number of benzene rings is 5. The number of aryl methyl sites for hydroxylation is 2. The molecule has 0 N–H and O–H groups in total. The molecule has 0 unspecified atom stereocenters. The van der Waals surface area contributed by atoms with E-state index in [2.05, 4.69) is 142 Å². The summed E-state index contributed by atoms with van der Waals surface area (Å²) in [5.74, 6) is 1.69. The molecule has 4 nitrogen and oxygen atoms in total. The van der Waals surface area contributed by atoms with Gasteiger partial charge in [-0.15, -0.1) is 0 Å². The lowest BCUT2D eigenvalue weighted by Crippen LogP contribution is -2.25. The number of anilines is 3. The molecule has 7 rings (SSSR count). The topological polar surface area (TPSA) is 34.8 Å². The molecule has 1 aromatic heterocycles. The molecular formula is C57H69NO3. The molecule has 6 aromatic rings. The summed E-state index contributed by atoms with van der Waals surface area (Å²) < 4.78 is 17.2. The summed E-state index contributed by atoms with van der Waals surface area (Å²) in [6.07, 6.45) is 20.9. The molecule has 61 heavy (non-hydrogen) atoms. The van der Waals surface area contributed by atoms with Crippen molar-refractivity contribution in [3.05, 3.63) is 156 Å². The summed E-state index contributed by atoms with van der Waals surface area (Å²) >= 11 is 0. The van der Waals surface area contributed by atoms with Crippen LogP contribution in [0.4, 0.5) is 17.1 Å². The monoisotopic (exact) mass is 816 g/mol. The Bertz CT molecular complexity index is 2190. The van der Waals surface area contributed by atoms with Crippen LogP contribution < -0.4 is 9.64 Å². The van der Waals surface area contributed by atoms with E-state index in [1.165, 1.54) is 123 Å². The van der Waals surface area contributed by atoms with E-state index in [1.54, 1.807) is 17.4 Å². The number of hydrogen-bond acceptors (Lipinski definition) is 4. The van der Waals surface area contributed by atoms with Crippen molar-refractivity contribution >= 4 is 17.1 Å². The largest absolute Gasteiger partial charge is 0.494 e. The van der Waals surface area contributed by atoms with Gasteiger partial charge in [0.15, 0.2) is 0 Å². The third kappa shape index (κ3) is 11.3. The number of fused-ring (bicyclic) bond motifs is 3. The number of furan rings is 1. The molecule has 0 atom stereocenters. The van der Waals surface area contributed by atoms with Crippen molar-refractivity contribution in [2.45, 2.75) is 136 Å². The van der Waals surface area contributed by atoms with Gasteiger partial charge in [0, 0.05) is 28.9 Å². The minimum atomic E-state index is 0.0639. The average molecular weight is 816 g/mol. The van der Waals surface area contributed by atoms with E-state index >= 15 is 0 Å². The second-order valence-corrected chi connectivity index (χ2v) is 17.5. The van der Waals surface area contributed by atoms with Gasteiger partial charge in [0.2, 0.25) is 0 Å². The van der Waals surface area contributed by atoms with Crippen LogP contribution >= 0.6 is 0 Å². The maximum absolute atomic E-state index is 6.10. The first-order chi connectivity index (χ1) is 30.0. The van der Waals surface area contributed by atoms with Gasteiger partial charge in [0.25, 0.3) is 0 Å². The zero-order valence-corrected chi connectivity index (χ0v) is 37.5. The van der Waals surface area contributed by atoms with Crippen LogP contribution in [0, 0.1) is 13.8 Å². The number of nitrogens with zero attached hydrogens (tertiary/aromatic N) is 1. The number of unbranched alkanes of at least 4 members (excludes halogenated alkanes) is 10. The van der Waals surface area contributed by atoms with Gasteiger partial charge in [-0.1, -0.05) is 157 Å². The van der Waals surface area contributed by atoms with E-state index < -0.39 is 0 Å². The Morgan fingerprint density at radius 2 is 1.05 bits per heavy atom. The van der Waals surface area contributed by atoms with Crippen LogP contribution in [0.5, 0.6) is 5.75 Å². The van der Waals surface area contributed by atoms with Crippen molar-refractivity contribution in [3.8, 4) is 28.0 Å². The molecule has 0 fully saturated rings. The minimum Gasteiger partial charge on any atom is -0.494 e. The Morgan fingerprint density at radius 3 is 1.67 bits per heavy atom. The highest BCUT2D eigenvalue weighted by molar-refractivity contribution is 5.85. The van der Waals surface area contributed by atoms with Crippen molar-refractivity contribution in [2.75, 3.05) is 18.1 Å². The second-order valence-electron chi connectivity index (χ2n) is 17.5. The maximum Gasteiger partial charge on any atom is 0.129 e. The molecule has 320 valence electrons. The fourth-order valence-electron chi connectivity index (χ4n) is 9.42. The molecule has 1 heterocycles. The Kier molecular flexibility index (Phi) is 16.0. The maximum atomic E-state index is 6.10. The smallest absolute Gasteiger partial charge is 0.129 e. The molecule has 5 aromatic carbocycles. The summed E-state index contributed by atoms with van der Waals surface area (Å²) in [6, 6.07) is 44.9. The van der Waals surface area contributed by atoms with Gasteiger partial charge in [-0.25, -0.2) is 0 Å². The van der Waals surface area contributed by atoms with Crippen molar-refractivity contribution in [1.82, 2.24) is 0 Å². The quantitative estimate of drug-likeness (QED) is 0.0539. The van der Waals surface area contributed by atoms with E-state index in [9.17, 15) is 0 Å². The molecule has 0 spiro atoms. The van der Waals surface area contributed by atoms with E-state index in [1.807, 2.05) is 12.1 Å². The van der Waals surface area contributed by atoms with Crippen molar-refractivity contribution in [3.63, 3.8) is 0 Å². The van der Waals surface area contributed by atoms with Gasteiger partial charge in [-0.3, -0.25) is 0 Å².